The average molecular weight is 486 g/mol. The molecule has 1 N–H and O–H groups in total. The van der Waals surface area contributed by atoms with E-state index in [0.29, 0.717) is 5.75 Å². The SMILES string of the molecule is Oc1c(I)cc(I)cc1C=NCCN1CCOCC1. The summed E-state index contributed by atoms with van der Waals surface area (Å²) in [7, 11) is 0. The normalized spacial score (nSPS) is 17.2. The Morgan fingerprint density at radius 2 is 2.05 bits per heavy atom. The minimum atomic E-state index is 0.316. The van der Waals surface area contributed by atoms with Crippen molar-refractivity contribution in [3.8, 4) is 5.75 Å². The summed E-state index contributed by atoms with van der Waals surface area (Å²) in [6.07, 6.45) is 1.76. The molecule has 0 unspecified atom stereocenters. The minimum absolute atomic E-state index is 0.316. The molecular formula is C13H16I2N2O2. The molecule has 1 aromatic rings. The highest BCUT2D eigenvalue weighted by Gasteiger charge is 2.09. The Morgan fingerprint density at radius 3 is 2.79 bits per heavy atom. The number of ether oxygens (including phenoxy) is 1. The van der Waals surface area contributed by atoms with Crippen LogP contribution in [0.2, 0.25) is 0 Å². The van der Waals surface area contributed by atoms with E-state index in [4.69, 9.17) is 4.74 Å². The number of halogens is 2. The molecule has 1 fully saturated rings. The van der Waals surface area contributed by atoms with Gasteiger partial charge in [-0.05, 0) is 57.3 Å². The Labute approximate surface area is 140 Å². The Bertz CT molecular complexity index is 460. The third-order valence-corrected chi connectivity index (χ3v) is 4.38. The molecule has 0 aliphatic carbocycles. The summed E-state index contributed by atoms with van der Waals surface area (Å²) in [6, 6.07) is 3.89. The van der Waals surface area contributed by atoms with Gasteiger partial charge in [0.15, 0.2) is 0 Å². The lowest BCUT2D eigenvalue weighted by Crippen LogP contribution is -2.37. The Hall–Kier alpha value is 0.0700. The third-order valence-electron chi connectivity index (χ3n) is 2.94. The van der Waals surface area contributed by atoms with E-state index in [1.54, 1.807) is 6.21 Å². The van der Waals surface area contributed by atoms with Gasteiger partial charge in [-0.3, -0.25) is 9.89 Å². The van der Waals surface area contributed by atoms with Crippen LogP contribution in [-0.2, 0) is 4.74 Å². The summed E-state index contributed by atoms with van der Waals surface area (Å²) in [5.41, 5.74) is 0.790. The highest BCUT2D eigenvalue weighted by atomic mass is 127. The maximum atomic E-state index is 9.94. The van der Waals surface area contributed by atoms with Crippen molar-refractivity contribution in [2.45, 2.75) is 0 Å². The van der Waals surface area contributed by atoms with Gasteiger partial charge in [0.1, 0.15) is 5.75 Å². The number of morpholine rings is 1. The van der Waals surface area contributed by atoms with Crippen molar-refractivity contribution >= 4 is 51.4 Å². The summed E-state index contributed by atoms with van der Waals surface area (Å²) in [6.45, 7) is 5.31. The summed E-state index contributed by atoms with van der Waals surface area (Å²) >= 11 is 4.38. The number of rotatable bonds is 4. The van der Waals surface area contributed by atoms with Gasteiger partial charge in [0.25, 0.3) is 0 Å². The predicted octanol–water partition coefficient (Wildman–Crippen LogP) is 2.35. The summed E-state index contributed by atoms with van der Waals surface area (Å²) in [5.74, 6) is 0.316. The highest BCUT2D eigenvalue weighted by Crippen LogP contribution is 2.25. The van der Waals surface area contributed by atoms with Gasteiger partial charge in [-0.15, -0.1) is 0 Å². The van der Waals surface area contributed by atoms with E-state index in [2.05, 4.69) is 55.1 Å². The molecule has 19 heavy (non-hydrogen) atoms. The molecule has 0 saturated carbocycles. The fourth-order valence-electron chi connectivity index (χ4n) is 1.87. The van der Waals surface area contributed by atoms with E-state index in [9.17, 15) is 5.11 Å². The molecule has 6 heteroatoms. The Balaban J connectivity index is 1.88. The van der Waals surface area contributed by atoms with Gasteiger partial charge >= 0.3 is 0 Å². The number of hydrogen-bond donors (Lipinski definition) is 1. The fraction of sp³-hybridized carbons (Fsp3) is 0.462. The minimum Gasteiger partial charge on any atom is -0.506 e. The Morgan fingerprint density at radius 1 is 1.32 bits per heavy atom. The van der Waals surface area contributed by atoms with Gasteiger partial charge in [-0.25, -0.2) is 0 Å². The lowest BCUT2D eigenvalue weighted by molar-refractivity contribution is 0.0395. The second kappa shape index (κ2) is 7.75. The molecule has 2 rings (SSSR count). The molecule has 104 valence electrons. The van der Waals surface area contributed by atoms with Crippen LogP contribution in [0, 0.1) is 7.14 Å². The van der Waals surface area contributed by atoms with Crippen LogP contribution < -0.4 is 0 Å². The molecule has 1 aliphatic heterocycles. The van der Waals surface area contributed by atoms with Crippen LogP contribution in [0.4, 0.5) is 0 Å². The zero-order valence-corrected chi connectivity index (χ0v) is 14.8. The number of hydrogen-bond acceptors (Lipinski definition) is 4. The average Bonchev–Trinajstić information content (AvgIpc) is 2.41. The molecule has 0 radical (unpaired) electrons. The van der Waals surface area contributed by atoms with Gasteiger partial charge < -0.3 is 9.84 Å². The van der Waals surface area contributed by atoms with Crippen LogP contribution in [-0.4, -0.2) is 55.6 Å². The topological polar surface area (TPSA) is 45.1 Å². The molecule has 0 atom stereocenters. The molecule has 0 amide bonds. The standard InChI is InChI=1S/C13H16I2N2O2/c14-11-7-10(13(18)12(15)8-11)9-16-1-2-17-3-5-19-6-4-17/h7-9,18H,1-6H2. The molecule has 4 nitrogen and oxygen atoms in total. The smallest absolute Gasteiger partial charge is 0.137 e. The second-order valence-electron chi connectivity index (χ2n) is 4.31. The Kier molecular flexibility index (Phi) is 6.30. The molecule has 1 heterocycles. The van der Waals surface area contributed by atoms with Gasteiger partial charge in [-0.2, -0.15) is 0 Å². The predicted molar refractivity (Wildman–Crippen MR) is 93.3 cm³/mol. The van der Waals surface area contributed by atoms with E-state index >= 15 is 0 Å². The highest BCUT2D eigenvalue weighted by molar-refractivity contribution is 14.1. The number of nitrogens with zero attached hydrogens (tertiary/aromatic N) is 2. The molecule has 0 spiro atoms. The first-order valence-electron chi connectivity index (χ1n) is 6.15. The van der Waals surface area contributed by atoms with E-state index < -0.39 is 0 Å². The van der Waals surface area contributed by atoms with Crippen molar-refractivity contribution in [2.75, 3.05) is 39.4 Å². The molecule has 1 saturated heterocycles. The van der Waals surface area contributed by atoms with E-state index in [1.165, 1.54) is 0 Å². The number of benzene rings is 1. The molecular weight excluding hydrogens is 470 g/mol. The van der Waals surface area contributed by atoms with Crippen LogP contribution in [0.25, 0.3) is 0 Å². The van der Waals surface area contributed by atoms with Crippen molar-refractivity contribution in [1.82, 2.24) is 4.90 Å². The largest absolute Gasteiger partial charge is 0.506 e. The maximum absolute atomic E-state index is 9.94. The number of aliphatic imine (C=N–C) groups is 1. The molecule has 1 aliphatic rings. The van der Waals surface area contributed by atoms with E-state index in [0.717, 1.165) is 52.1 Å². The van der Waals surface area contributed by atoms with Gasteiger partial charge in [0.2, 0.25) is 0 Å². The number of phenols is 1. The number of aromatic hydroxyl groups is 1. The van der Waals surface area contributed by atoms with Crippen molar-refractivity contribution in [1.29, 1.82) is 0 Å². The zero-order chi connectivity index (χ0) is 13.7. The first-order valence-corrected chi connectivity index (χ1v) is 8.30. The first-order chi connectivity index (χ1) is 9.16. The van der Waals surface area contributed by atoms with Crippen molar-refractivity contribution in [3.63, 3.8) is 0 Å². The summed E-state index contributed by atoms with van der Waals surface area (Å²) in [4.78, 5) is 6.75. The van der Waals surface area contributed by atoms with Crippen LogP contribution in [0.3, 0.4) is 0 Å². The van der Waals surface area contributed by atoms with Crippen LogP contribution in [0.1, 0.15) is 5.56 Å². The first kappa shape index (κ1) is 15.5. The van der Waals surface area contributed by atoms with Crippen molar-refractivity contribution in [2.24, 2.45) is 4.99 Å². The lowest BCUT2D eigenvalue weighted by Gasteiger charge is -2.25. The van der Waals surface area contributed by atoms with Crippen molar-refractivity contribution in [3.05, 3.63) is 24.8 Å². The molecule has 0 aromatic heterocycles. The van der Waals surface area contributed by atoms with Gasteiger partial charge in [0.05, 0.1) is 23.3 Å². The van der Waals surface area contributed by atoms with E-state index in [-0.39, 0.29) is 0 Å². The molecule has 0 bridgehead atoms. The van der Waals surface area contributed by atoms with Crippen LogP contribution in [0.15, 0.2) is 17.1 Å². The van der Waals surface area contributed by atoms with Crippen LogP contribution >= 0.6 is 45.2 Å². The lowest BCUT2D eigenvalue weighted by atomic mass is 10.2. The molecule has 1 aromatic carbocycles. The fourth-order valence-corrected chi connectivity index (χ4v) is 3.76. The third kappa shape index (κ3) is 4.83. The zero-order valence-electron chi connectivity index (χ0n) is 10.5. The maximum Gasteiger partial charge on any atom is 0.137 e. The van der Waals surface area contributed by atoms with Gasteiger partial charge in [0, 0.05) is 35.0 Å². The quantitative estimate of drug-likeness (QED) is 0.526. The van der Waals surface area contributed by atoms with Gasteiger partial charge in [-0.1, -0.05) is 0 Å². The van der Waals surface area contributed by atoms with Crippen molar-refractivity contribution < 1.29 is 9.84 Å². The summed E-state index contributed by atoms with van der Waals surface area (Å²) < 4.78 is 7.27. The monoisotopic (exact) mass is 486 g/mol. The number of phenolic OH excluding ortho intramolecular Hbond substituents is 1. The summed E-state index contributed by atoms with van der Waals surface area (Å²) in [5, 5.41) is 9.94. The van der Waals surface area contributed by atoms with Crippen LogP contribution in [0.5, 0.6) is 5.75 Å². The van der Waals surface area contributed by atoms with E-state index in [1.807, 2.05) is 12.1 Å². The second-order valence-corrected chi connectivity index (χ2v) is 6.72.